The number of hydrogen-bond donors (Lipinski definition) is 0. The summed E-state index contributed by atoms with van der Waals surface area (Å²) in [5.74, 6) is 16.3. The van der Waals surface area contributed by atoms with Gasteiger partial charge in [-0.05, 0) is 141 Å². The van der Waals surface area contributed by atoms with Crippen LogP contribution in [0.4, 0.5) is 0 Å². The summed E-state index contributed by atoms with van der Waals surface area (Å²) in [5.41, 5.74) is 0. The first kappa shape index (κ1) is 51.4. The SMILES string of the molecule is C1C2CC3CC1CC(C2)C3.C1CC2CCCC(C1)CCC2.C1CCC1.C1CCC2CC(C1)C2.C1CCC2CCC(C1)CC2.C1CCC2CCCCC2C1.C1CCCC1.C1CC[C@H]2C[C@H]2C1. The minimum atomic E-state index is 1.12. The second-order valence-electron chi connectivity index (χ2n) is 27.4. The standard InChI is InChI=1S/C11H20.C10H16.2C10H18.C8H14.C7H12.C5H10.C4H8/c1-4-10-6-2-7-11(5-1)9-3-8-10;1-7-2-9-4-8(1)5-10(3-7)6-9;1-2-6-10-8-4-3-7-9(10)5-1;1-2-4-10-7-5-9(3-1)6-8-10;1-2-4-8-5-7(3-1)6-8;1-2-4-7-5-6(7)3-1;1-2-4-5-3-1;1-2-4-3-1/h10-11H,1-9H2;7-10H,1-6H2;2*9-10H,1-8H2;7-8H,1-6H2;6-7H,1-5H2;1-5H2;1-4H2/t;;;;;6-,7+;;. The zero-order valence-electron chi connectivity index (χ0n) is 44.1. The van der Waals surface area contributed by atoms with Gasteiger partial charge in [0.05, 0.1) is 0 Å². The van der Waals surface area contributed by atoms with Crippen molar-refractivity contribution in [1.82, 2.24) is 0 Å². The Morgan fingerprint density at radius 2 is 0.308 bits per heavy atom. The highest BCUT2D eigenvalue weighted by molar-refractivity contribution is 4.93. The van der Waals surface area contributed by atoms with E-state index in [0.717, 1.165) is 35.5 Å². The maximum Gasteiger partial charge on any atom is -0.0383 e. The van der Waals surface area contributed by atoms with Crippen molar-refractivity contribution < 1.29 is 0 Å². The Morgan fingerprint density at radius 3 is 0.585 bits per heavy atom. The van der Waals surface area contributed by atoms with Crippen molar-refractivity contribution in [3.63, 3.8) is 0 Å². The molecule has 19 fully saturated rings. The fraction of sp³-hybridized carbons (Fsp3) is 1.00. The van der Waals surface area contributed by atoms with Crippen molar-refractivity contribution in [2.45, 2.75) is 327 Å². The van der Waals surface area contributed by atoms with Gasteiger partial charge in [0.15, 0.2) is 0 Å². The van der Waals surface area contributed by atoms with E-state index in [1.807, 2.05) is 0 Å². The van der Waals surface area contributed by atoms with Crippen LogP contribution in [0.2, 0.25) is 0 Å². The van der Waals surface area contributed by atoms with E-state index in [2.05, 4.69) is 0 Å². The summed E-state index contributed by atoms with van der Waals surface area (Å²) < 4.78 is 0. The van der Waals surface area contributed by atoms with Gasteiger partial charge in [0.25, 0.3) is 0 Å². The van der Waals surface area contributed by atoms with Gasteiger partial charge in [-0.2, -0.15) is 0 Å². The Balaban J connectivity index is 0.000000103. The molecule has 19 rings (SSSR count). The fourth-order valence-corrected chi connectivity index (χ4v) is 17.6. The van der Waals surface area contributed by atoms with E-state index < -0.39 is 0 Å². The van der Waals surface area contributed by atoms with Crippen LogP contribution in [-0.2, 0) is 0 Å². The maximum atomic E-state index is 1.60. The predicted molar refractivity (Wildman–Crippen MR) is 284 cm³/mol. The summed E-state index contributed by atoms with van der Waals surface area (Å²) >= 11 is 0. The molecule has 19 aliphatic rings. The quantitative estimate of drug-likeness (QED) is 0.227. The normalized spacial score (nSPS) is 42.1. The molecule has 2 atom stereocenters. The first-order chi connectivity index (χ1) is 32.2. The molecule has 0 saturated heterocycles. The van der Waals surface area contributed by atoms with Gasteiger partial charge in [0.1, 0.15) is 0 Å². The van der Waals surface area contributed by atoms with Crippen LogP contribution in [0.15, 0.2) is 0 Å². The Bertz CT molecular complexity index is 1020. The van der Waals surface area contributed by atoms with Crippen molar-refractivity contribution in [3.8, 4) is 0 Å². The van der Waals surface area contributed by atoms with Crippen molar-refractivity contribution in [1.29, 1.82) is 0 Å². The molecule has 376 valence electrons. The molecule has 0 aliphatic heterocycles. The summed E-state index contributed by atoms with van der Waals surface area (Å²) in [4.78, 5) is 0. The molecule has 19 saturated carbocycles. The van der Waals surface area contributed by atoms with Gasteiger partial charge in [0, 0.05) is 0 Å². The highest BCUT2D eigenvalue weighted by Crippen LogP contribution is 2.54. The summed E-state index contributed by atoms with van der Waals surface area (Å²) in [6, 6.07) is 0. The lowest BCUT2D eigenvalue weighted by molar-refractivity contribution is 0.0198. The van der Waals surface area contributed by atoms with E-state index >= 15 is 0 Å². The molecule has 0 aromatic heterocycles. The minimum Gasteiger partial charge on any atom is -0.0533 e. The highest BCUT2D eigenvalue weighted by Gasteiger charge is 2.42. The van der Waals surface area contributed by atoms with Crippen LogP contribution in [0.25, 0.3) is 0 Å². The lowest BCUT2D eigenvalue weighted by Gasteiger charge is -2.49. The Hall–Kier alpha value is 0. The molecule has 0 aromatic carbocycles. The van der Waals surface area contributed by atoms with Crippen LogP contribution in [0.5, 0.6) is 0 Å². The summed E-state index contributed by atoms with van der Waals surface area (Å²) in [7, 11) is 0. The number of hydrogen-bond acceptors (Lipinski definition) is 0. The molecule has 0 nitrogen and oxygen atoms in total. The molecule has 0 N–H and O–H groups in total. The van der Waals surface area contributed by atoms with Gasteiger partial charge in [0.2, 0.25) is 0 Å². The van der Waals surface area contributed by atoms with Crippen LogP contribution < -0.4 is 0 Å². The van der Waals surface area contributed by atoms with Crippen LogP contribution in [0, 0.1) is 82.9 Å². The molecule has 0 heterocycles. The van der Waals surface area contributed by atoms with Crippen molar-refractivity contribution in [3.05, 3.63) is 0 Å². The monoisotopic (exact) mass is 897 g/mol. The van der Waals surface area contributed by atoms with E-state index in [1.54, 1.807) is 186 Å². The average Bonchev–Trinajstić information content (AvgIpc) is 3.95. The lowest BCUT2D eigenvalue weighted by Crippen LogP contribution is -2.38. The first-order valence-corrected chi connectivity index (χ1v) is 32.2. The van der Waals surface area contributed by atoms with Gasteiger partial charge in [-0.15, -0.1) is 0 Å². The van der Waals surface area contributed by atoms with Crippen LogP contribution >= 0.6 is 0 Å². The van der Waals surface area contributed by atoms with E-state index in [1.165, 1.54) is 189 Å². The van der Waals surface area contributed by atoms with E-state index in [-0.39, 0.29) is 0 Å². The second-order valence-corrected chi connectivity index (χ2v) is 27.4. The molecular weight excluding hydrogens is 781 g/mol. The zero-order valence-corrected chi connectivity index (χ0v) is 44.1. The third-order valence-corrected chi connectivity index (χ3v) is 22.1. The second kappa shape index (κ2) is 29.4. The Kier molecular flexibility index (Phi) is 23.2. The predicted octanol–water partition coefficient (Wildman–Crippen LogP) is 21.6. The largest absolute Gasteiger partial charge is 0.0533 e. The fourth-order valence-electron chi connectivity index (χ4n) is 17.6. The maximum absolute atomic E-state index is 1.60. The Labute approximate surface area is 408 Å². The summed E-state index contributed by atoms with van der Waals surface area (Å²) in [6.07, 6.45) is 78.9. The van der Waals surface area contributed by atoms with E-state index in [9.17, 15) is 0 Å². The number of rotatable bonds is 0. The molecule has 0 aromatic rings. The summed E-state index contributed by atoms with van der Waals surface area (Å²) in [6.45, 7) is 0. The molecule has 10 bridgehead atoms. The van der Waals surface area contributed by atoms with Crippen LogP contribution in [0.1, 0.15) is 327 Å². The van der Waals surface area contributed by atoms with Gasteiger partial charge < -0.3 is 0 Å². The van der Waals surface area contributed by atoms with Gasteiger partial charge in [-0.25, -0.2) is 0 Å². The van der Waals surface area contributed by atoms with Crippen LogP contribution in [0.3, 0.4) is 0 Å². The molecule has 0 unspecified atom stereocenters. The van der Waals surface area contributed by atoms with E-state index in [0.29, 0.717) is 0 Å². The molecular formula is C65H116. The third-order valence-electron chi connectivity index (χ3n) is 22.1. The number of fused-ring (bicyclic) bond motifs is 16. The van der Waals surface area contributed by atoms with Gasteiger partial charge in [-0.3, -0.25) is 0 Å². The zero-order chi connectivity index (χ0) is 44.1. The van der Waals surface area contributed by atoms with E-state index in [4.69, 9.17) is 0 Å². The van der Waals surface area contributed by atoms with Crippen LogP contribution in [-0.4, -0.2) is 0 Å². The third kappa shape index (κ3) is 18.9. The van der Waals surface area contributed by atoms with Gasteiger partial charge >= 0.3 is 0 Å². The first-order valence-electron chi connectivity index (χ1n) is 32.2. The van der Waals surface area contributed by atoms with Crippen molar-refractivity contribution in [2.24, 2.45) is 82.9 Å². The molecule has 65 heavy (non-hydrogen) atoms. The van der Waals surface area contributed by atoms with Crippen molar-refractivity contribution >= 4 is 0 Å². The summed E-state index contributed by atoms with van der Waals surface area (Å²) in [5, 5.41) is 0. The van der Waals surface area contributed by atoms with Crippen molar-refractivity contribution in [2.75, 3.05) is 0 Å². The lowest BCUT2D eigenvalue weighted by atomic mass is 9.56. The average molecular weight is 898 g/mol. The molecule has 0 spiro atoms. The highest BCUT2D eigenvalue weighted by atomic mass is 14.5. The molecule has 0 amide bonds. The molecule has 0 heteroatoms. The topological polar surface area (TPSA) is 0 Å². The molecule has 19 aliphatic carbocycles. The minimum absolute atomic E-state index is 1.12. The molecule has 0 radical (unpaired) electrons. The Morgan fingerprint density at radius 1 is 0.108 bits per heavy atom. The smallest absolute Gasteiger partial charge is 0.0383 e. The van der Waals surface area contributed by atoms with Gasteiger partial charge in [-0.1, -0.05) is 270 Å².